The van der Waals surface area contributed by atoms with E-state index in [9.17, 15) is 0 Å². The van der Waals surface area contributed by atoms with Gasteiger partial charge in [-0.1, -0.05) is 91.0 Å². The summed E-state index contributed by atoms with van der Waals surface area (Å²) in [6, 6.07) is 31.6. The molecule has 0 spiro atoms. The third-order valence-corrected chi connectivity index (χ3v) is 5.51. The van der Waals surface area contributed by atoms with E-state index in [0.29, 0.717) is 0 Å². The van der Waals surface area contributed by atoms with Crippen LogP contribution in [0.5, 0.6) is 0 Å². The van der Waals surface area contributed by atoms with E-state index < -0.39 is 5.54 Å². The van der Waals surface area contributed by atoms with Gasteiger partial charge in [-0.2, -0.15) is 15.4 Å². The molecule has 0 unspecified atom stereocenters. The standard InChI is InChI=1S/C25H21N5/c1-19-24(28-29-27-19)23-17-30(18-26-23)25(20-11-5-2-6-12-20,21-13-7-3-8-14-21)22-15-9-4-10-16-22/h2-18H,1H3,(H,27,28,29). The van der Waals surface area contributed by atoms with Crippen LogP contribution in [0.4, 0.5) is 0 Å². The molecule has 2 aromatic heterocycles. The molecule has 2 heterocycles. The largest absolute Gasteiger partial charge is 0.318 e. The number of imidazole rings is 1. The molecule has 5 rings (SSSR count). The van der Waals surface area contributed by atoms with Gasteiger partial charge >= 0.3 is 0 Å². The van der Waals surface area contributed by atoms with Crippen LogP contribution in [0.1, 0.15) is 22.4 Å². The summed E-state index contributed by atoms with van der Waals surface area (Å²) in [6.45, 7) is 1.93. The summed E-state index contributed by atoms with van der Waals surface area (Å²) in [4.78, 5) is 4.70. The van der Waals surface area contributed by atoms with Crippen molar-refractivity contribution >= 4 is 0 Å². The van der Waals surface area contributed by atoms with E-state index in [-0.39, 0.29) is 0 Å². The Balaban J connectivity index is 1.83. The highest BCUT2D eigenvalue weighted by molar-refractivity contribution is 5.57. The van der Waals surface area contributed by atoms with Crippen LogP contribution in [0.25, 0.3) is 11.4 Å². The molecular formula is C25H21N5. The first kappa shape index (κ1) is 18.1. The number of aromatic nitrogens is 5. The molecule has 0 atom stereocenters. The monoisotopic (exact) mass is 391 g/mol. The summed E-state index contributed by atoms with van der Waals surface area (Å²) >= 11 is 0. The van der Waals surface area contributed by atoms with Crippen LogP contribution in [0.15, 0.2) is 104 Å². The molecule has 5 nitrogen and oxygen atoms in total. The molecule has 5 aromatic rings. The van der Waals surface area contributed by atoms with Crippen molar-refractivity contribution in [3.8, 4) is 11.4 Å². The third-order valence-electron chi connectivity index (χ3n) is 5.51. The van der Waals surface area contributed by atoms with Crippen LogP contribution in [-0.4, -0.2) is 25.0 Å². The first-order chi connectivity index (χ1) is 14.8. The first-order valence-corrected chi connectivity index (χ1v) is 9.89. The fourth-order valence-electron chi connectivity index (χ4n) is 4.14. The maximum atomic E-state index is 4.70. The van der Waals surface area contributed by atoms with Gasteiger partial charge in [-0.25, -0.2) is 4.98 Å². The number of aryl methyl sites for hydroxylation is 1. The van der Waals surface area contributed by atoms with Crippen LogP contribution >= 0.6 is 0 Å². The number of H-pyrrole nitrogens is 1. The second-order valence-corrected chi connectivity index (χ2v) is 7.23. The van der Waals surface area contributed by atoms with Gasteiger partial charge in [0.05, 0.1) is 12.0 Å². The summed E-state index contributed by atoms with van der Waals surface area (Å²) in [6.07, 6.45) is 3.94. The van der Waals surface area contributed by atoms with Crippen molar-refractivity contribution in [2.24, 2.45) is 0 Å². The predicted octanol–water partition coefficient (Wildman–Crippen LogP) is 4.82. The summed E-state index contributed by atoms with van der Waals surface area (Å²) < 4.78 is 2.18. The smallest absolute Gasteiger partial charge is 0.135 e. The van der Waals surface area contributed by atoms with E-state index in [1.54, 1.807) is 0 Å². The molecule has 0 fully saturated rings. The first-order valence-electron chi connectivity index (χ1n) is 9.89. The fraction of sp³-hybridized carbons (Fsp3) is 0.0800. The van der Waals surface area contributed by atoms with Crippen LogP contribution in [0.3, 0.4) is 0 Å². The number of hydrogen-bond acceptors (Lipinski definition) is 3. The van der Waals surface area contributed by atoms with E-state index in [2.05, 4.69) is 99.0 Å². The molecule has 0 saturated carbocycles. The van der Waals surface area contributed by atoms with Crippen molar-refractivity contribution in [3.05, 3.63) is 126 Å². The number of aromatic amines is 1. The Morgan fingerprint density at radius 2 is 1.20 bits per heavy atom. The second kappa shape index (κ2) is 7.44. The summed E-state index contributed by atoms with van der Waals surface area (Å²) in [5.41, 5.74) is 5.26. The van der Waals surface area contributed by atoms with E-state index in [4.69, 9.17) is 4.98 Å². The zero-order valence-electron chi connectivity index (χ0n) is 16.6. The van der Waals surface area contributed by atoms with E-state index in [0.717, 1.165) is 33.8 Å². The molecule has 1 N–H and O–H groups in total. The molecule has 30 heavy (non-hydrogen) atoms. The van der Waals surface area contributed by atoms with Gasteiger partial charge in [0, 0.05) is 6.20 Å². The van der Waals surface area contributed by atoms with Crippen LogP contribution in [-0.2, 0) is 5.54 Å². The van der Waals surface area contributed by atoms with Crippen molar-refractivity contribution in [3.63, 3.8) is 0 Å². The average molecular weight is 391 g/mol. The SMILES string of the molecule is Cc1n[nH]nc1-c1cn(C(c2ccccc2)(c2ccccc2)c2ccccc2)cn1. The van der Waals surface area contributed by atoms with Gasteiger partial charge in [-0.05, 0) is 23.6 Å². The number of nitrogens with one attached hydrogen (secondary N) is 1. The minimum absolute atomic E-state index is 0.577. The topological polar surface area (TPSA) is 59.4 Å². The van der Waals surface area contributed by atoms with Crippen molar-refractivity contribution in [1.29, 1.82) is 0 Å². The lowest BCUT2D eigenvalue weighted by atomic mass is 9.77. The number of benzene rings is 3. The normalized spacial score (nSPS) is 11.5. The van der Waals surface area contributed by atoms with Crippen LogP contribution < -0.4 is 0 Å². The van der Waals surface area contributed by atoms with E-state index in [1.807, 2.05) is 31.5 Å². The molecule has 0 aliphatic rings. The number of rotatable bonds is 5. The van der Waals surface area contributed by atoms with Gasteiger partial charge in [-0.15, -0.1) is 0 Å². The van der Waals surface area contributed by atoms with Crippen LogP contribution in [0.2, 0.25) is 0 Å². The Hall–Kier alpha value is -3.99. The molecule has 0 saturated heterocycles. The molecular weight excluding hydrogens is 370 g/mol. The zero-order chi connectivity index (χ0) is 20.4. The minimum atomic E-state index is -0.577. The Kier molecular flexibility index (Phi) is 4.48. The van der Waals surface area contributed by atoms with Crippen LogP contribution in [0, 0.1) is 6.92 Å². The maximum Gasteiger partial charge on any atom is 0.135 e. The van der Waals surface area contributed by atoms with Gasteiger partial charge < -0.3 is 4.57 Å². The highest BCUT2D eigenvalue weighted by atomic mass is 15.3. The molecule has 3 aromatic carbocycles. The lowest BCUT2D eigenvalue weighted by Crippen LogP contribution is -2.36. The lowest BCUT2D eigenvalue weighted by molar-refractivity contribution is 0.515. The zero-order valence-corrected chi connectivity index (χ0v) is 16.6. The molecule has 0 amide bonds. The predicted molar refractivity (Wildman–Crippen MR) is 117 cm³/mol. The second-order valence-electron chi connectivity index (χ2n) is 7.23. The molecule has 0 aliphatic carbocycles. The number of hydrogen-bond donors (Lipinski definition) is 1. The third kappa shape index (κ3) is 2.83. The average Bonchev–Trinajstić information content (AvgIpc) is 3.46. The molecule has 5 heteroatoms. The Morgan fingerprint density at radius 3 is 1.63 bits per heavy atom. The van der Waals surface area contributed by atoms with Crippen molar-refractivity contribution < 1.29 is 0 Å². The molecule has 0 aliphatic heterocycles. The summed E-state index contributed by atoms with van der Waals surface area (Å²) in [5.74, 6) is 0. The van der Waals surface area contributed by atoms with E-state index in [1.165, 1.54) is 0 Å². The number of nitrogens with zero attached hydrogens (tertiary/aromatic N) is 4. The van der Waals surface area contributed by atoms with Crippen molar-refractivity contribution in [2.75, 3.05) is 0 Å². The molecule has 0 bridgehead atoms. The Labute approximate surface area is 175 Å². The maximum absolute atomic E-state index is 4.70. The Bertz CT molecular complexity index is 1140. The minimum Gasteiger partial charge on any atom is -0.318 e. The van der Waals surface area contributed by atoms with Gasteiger partial charge in [-0.3, -0.25) is 0 Å². The molecule has 146 valence electrons. The fourth-order valence-corrected chi connectivity index (χ4v) is 4.14. The molecule has 0 radical (unpaired) electrons. The van der Waals surface area contributed by atoms with Gasteiger partial charge in [0.1, 0.15) is 16.9 Å². The van der Waals surface area contributed by atoms with Gasteiger partial charge in [0.25, 0.3) is 0 Å². The van der Waals surface area contributed by atoms with E-state index >= 15 is 0 Å². The van der Waals surface area contributed by atoms with Crippen molar-refractivity contribution in [1.82, 2.24) is 25.0 Å². The summed E-state index contributed by atoms with van der Waals surface area (Å²) in [7, 11) is 0. The summed E-state index contributed by atoms with van der Waals surface area (Å²) in [5, 5.41) is 11.1. The highest BCUT2D eigenvalue weighted by Crippen LogP contribution is 2.41. The quantitative estimate of drug-likeness (QED) is 0.437. The highest BCUT2D eigenvalue weighted by Gasteiger charge is 2.38. The van der Waals surface area contributed by atoms with Gasteiger partial charge in [0.15, 0.2) is 0 Å². The Morgan fingerprint density at radius 1 is 0.700 bits per heavy atom. The lowest BCUT2D eigenvalue weighted by Gasteiger charge is -2.37. The van der Waals surface area contributed by atoms with Crippen molar-refractivity contribution in [2.45, 2.75) is 12.5 Å². The van der Waals surface area contributed by atoms with Gasteiger partial charge in [0.2, 0.25) is 0 Å².